The molecule has 2 saturated carbocycles. The van der Waals surface area contributed by atoms with E-state index in [1.54, 1.807) is 0 Å². The first-order chi connectivity index (χ1) is 4.63. The summed E-state index contributed by atoms with van der Waals surface area (Å²) in [6.45, 7) is 0. The molecule has 0 bridgehead atoms. The SMILES string of the molecule is NC12CCC1C(C(=O)O)C2. The second-order valence-corrected chi connectivity index (χ2v) is 3.53. The van der Waals surface area contributed by atoms with Crippen LogP contribution in [0, 0.1) is 11.8 Å². The molecule has 0 spiro atoms. The Morgan fingerprint density at radius 2 is 2.40 bits per heavy atom. The van der Waals surface area contributed by atoms with Crippen LogP contribution in [0.4, 0.5) is 0 Å². The number of fused-ring (bicyclic) bond motifs is 1. The quantitative estimate of drug-likeness (QED) is 0.548. The number of hydrogen-bond donors (Lipinski definition) is 2. The number of carboxylic acids is 1. The molecule has 3 unspecified atom stereocenters. The van der Waals surface area contributed by atoms with E-state index in [4.69, 9.17) is 10.8 Å². The Morgan fingerprint density at radius 3 is 2.50 bits per heavy atom. The minimum absolute atomic E-state index is 0.0664. The highest BCUT2D eigenvalue weighted by Crippen LogP contribution is 2.55. The van der Waals surface area contributed by atoms with Crippen molar-refractivity contribution in [3.05, 3.63) is 0 Å². The van der Waals surface area contributed by atoms with Gasteiger partial charge in [0, 0.05) is 5.54 Å². The number of nitrogens with two attached hydrogens (primary N) is 1. The third kappa shape index (κ3) is 0.515. The maximum Gasteiger partial charge on any atom is 0.306 e. The minimum Gasteiger partial charge on any atom is -0.481 e. The zero-order valence-corrected chi connectivity index (χ0v) is 5.71. The summed E-state index contributed by atoms with van der Waals surface area (Å²) in [5, 5.41) is 8.61. The molecule has 3 N–H and O–H groups in total. The molecule has 10 heavy (non-hydrogen) atoms. The third-order valence-corrected chi connectivity index (χ3v) is 3.06. The van der Waals surface area contributed by atoms with Crippen molar-refractivity contribution in [3.8, 4) is 0 Å². The minimum atomic E-state index is -0.661. The molecule has 0 aliphatic heterocycles. The molecule has 0 aromatic heterocycles. The second kappa shape index (κ2) is 1.53. The maximum absolute atomic E-state index is 10.5. The summed E-state index contributed by atoms with van der Waals surface area (Å²) in [5.41, 5.74) is 5.75. The highest BCUT2D eigenvalue weighted by Gasteiger charge is 2.59. The Balaban J connectivity index is 2.04. The lowest BCUT2D eigenvalue weighted by molar-refractivity contribution is -0.161. The van der Waals surface area contributed by atoms with Gasteiger partial charge in [-0.3, -0.25) is 4.79 Å². The molecule has 0 heterocycles. The van der Waals surface area contributed by atoms with Gasteiger partial charge in [0.2, 0.25) is 0 Å². The van der Waals surface area contributed by atoms with Crippen molar-refractivity contribution in [3.63, 3.8) is 0 Å². The van der Waals surface area contributed by atoms with Crippen molar-refractivity contribution in [2.75, 3.05) is 0 Å². The monoisotopic (exact) mass is 141 g/mol. The van der Waals surface area contributed by atoms with Crippen LogP contribution in [-0.2, 0) is 4.79 Å². The van der Waals surface area contributed by atoms with Crippen molar-refractivity contribution in [2.45, 2.75) is 24.8 Å². The van der Waals surface area contributed by atoms with E-state index < -0.39 is 5.97 Å². The van der Waals surface area contributed by atoms with Gasteiger partial charge in [-0.1, -0.05) is 0 Å². The van der Waals surface area contributed by atoms with Gasteiger partial charge >= 0.3 is 5.97 Å². The summed E-state index contributed by atoms with van der Waals surface area (Å²) in [7, 11) is 0. The molecule has 2 aliphatic rings. The van der Waals surface area contributed by atoms with Gasteiger partial charge in [0.05, 0.1) is 5.92 Å². The lowest BCUT2D eigenvalue weighted by Crippen LogP contribution is -2.68. The van der Waals surface area contributed by atoms with E-state index in [0.29, 0.717) is 12.3 Å². The van der Waals surface area contributed by atoms with Crippen LogP contribution < -0.4 is 5.73 Å². The van der Waals surface area contributed by atoms with Crippen LogP contribution in [0.15, 0.2) is 0 Å². The zero-order valence-electron chi connectivity index (χ0n) is 5.71. The van der Waals surface area contributed by atoms with E-state index in [-0.39, 0.29) is 11.5 Å². The third-order valence-electron chi connectivity index (χ3n) is 3.06. The first-order valence-corrected chi connectivity index (χ1v) is 3.65. The number of aliphatic carboxylic acids is 1. The maximum atomic E-state index is 10.5. The molecule has 56 valence electrons. The first kappa shape index (κ1) is 6.16. The van der Waals surface area contributed by atoms with Crippen LogP contribution in [0.1, 0.15) is 19.3 Å². The van der Waals surface area contributed by atoms with Crippen molar-refractivity contribution in [1.82, 2.24) is 0 Å². The molecule has 2 rings (SSSR count). The highest BCUT2D eigenvalue weighted by atomic mass is 16.4. The fourth-order valence-electron chi connectivity index (χ4n) is 2.19. The predicted octanol–water partition coefficient (Wildman–Crippen LogP) is 0.198. The van der Waals surface area contributed by atoms with Crippen molar-refractivity contribution in [2.24, 2.45) is 17.6 Å². The van der Waals surface area contributed by atoms with Gasteiger partial charge in [-0.15, -0.1) is 0 Å². The first-order valence-electron chi connectivity index (χ1n) is 3.65. The molecule has 2 fully saturated rings. The average molecular weight is 141 g/mol. The van der Waals surface area contributed by atoms with Crippen LogP contribution in [0.5, 0.6) is 0 Å². The topological polar surface area (TPSA) is 63.3 Å². The molecule has 3 atom stereocenters. The molecular weight excluding hydrogens is 130 g/mol. The number of carboxylic acid groups (broad SMARTS) is 1. The Bertz CT molecular complexity index is 192. The molecule has 0 aromatic carbocycles. The average Bonchev–Trinajstić information content (AvgIpc) is 1.85. The van der Waals surface area contributed by atoms with Gasteiger partial charge in [0.1, 0.15) is 0 Å². The standard InChI is InChI=1S/C7H11NO2/c8-7-2-1-5(7)4(3-7)6(9)10/h4-5H,1-3,8H2,(H,9,10). The summed E-state index contributed by atoms with van der Waals surface area (Å²) >= 11 is 0. The van der Waals surface area contributed by atoms with Crippen LogP contribution in [0.25, 0.3) is 0 Å². The van der Waals surface area contributed by atoms with Gasteiger partial charge in [-0.2, -0.15) is 0 Å². The second-order valence-electron chi connectivity index (χ2n) is 3.53. The Kier molecular flexibility index (Phi) is 0.944. The van der Waals surface area contributed by atoms with Gasteiger partial charge in [0.15, 0.2) is 0 Å². The number of carbonyl (C=O) groups is 1. The van der Waals surface area contributed by atoms with E-state index in [1.165, 1.54) is 0 Å². The number of hydrogen-bond acceptors (Lipinski definition) is 2. The van der Waals surface area contributed by atoms with Crippen molar-refractivity contribution < 1.29 is 9.90 Å². The molecule has 0 radical (unpaired) electrons. The summed E-state index contributed by atoms with van der Waals surface area (Å²) < 4.78 is 0. The van der Waals surface area contributed by atoms with Crippen LogP contribution in [0.2, 0.25) is 0 Å². The Labute approximate surface area is 59.2 Å². The normalized spacial score (nSPS) is 50.5. The fraction of sp³-hybridized carbons (Fsp3) is 0.857. The molecule has 3 heteroatoms. The van der Waals surface area contributed by atoms with Crippen LogP contribution >= 0.6 is 0 Å². The summed E-state index contributed by atoms with van der Waals surface area (Å²) in [6, 6.07) is 0. The van der Waals surface area contributed by atoms with Crippen molar-refractivity contribution in [1.29, 1.82) is 0 Å². The summed E-state index contributed by atoms with van der Waals surface area (Å²) in [4.78, 5) is 10.5. The summed E-state index contributed by atoms with van der Waals surface area (Å²) in [6.07, 6.45) is 2.75. The van der Waals surface area contributed by atoms with Gasteiger partial charge in [0.25, 0.3) is 0 Å². The number of rotatable bonds is 1. The summed E-state index contributed by atoms with van der Waals surface area (Å²) in [5.74, 6) is -0.491. The Hall–Kier alpha value is -0.570. The largest absolute Gasteiger partial charge is 0.481 e. The Morgan fingerprint density at radius 1 is 1.70 bits per heavy atom. The van der Waals surface area contributed by atoms with Crippen LogP contribution in [-0.4, -0.2) is 16.6 Å². The van der Waals surface area contributed by atoms with E-state index in [0.717, 1.165) is 12.8 Å². The fourth-order valence-corrected chi connectivity index (χ4v) is 2.19. The molecule has 3 nitrogen and oxygen atoms in total. The smallest absolute Gasteiger partial charge is 0.306 e. The van der Waals surface area contributed by atoms with E-state index in [2.05, 4.69) is 0 Å². The zero-order chi connectivity index (χ0) is 7.35. The lowest BCUT2D eigenvalue weighted by Gasteiger charge is -2.59. The molecular formula is C7H11NO2. The molecule has 0 amide bonds. The lowest BCUT2D eigenvalue weighted by atomic mass is 9.48. The van der Waals surface area contributed by atoms with Gasteiger partial charge in [-0.25, -0.2) is 0 Å². The van der Waals surface area contributed by atoms with Crippen LogP contribution in [0.3, 0.4) is 0 Å². The van der Waals surface area contributed by atoms with Gasteiger partial charge < -0.3 is 10.8 Å². The van der Waals surface area contributed by atoms with E-state index >= 15 is 0 Å². The molecule has 0 aromatic rings. The predicted molar refractivity (Wildman–Crippen MR) is 35.4 cm³/mol. The molecule has 2 aliphatic carbocycles. The van der Waals surface area contributed by atoms with E-state index in [1.807, 2.05) is 0 Å². The molecule has 0 saturated heterocycles. The van der Waals surface area contributed by atoms with E-state index in [9.17, 15) is 4.79 Å². The van der Waals surface area contributed by atoms with Gasteiger partial charge in [-0.05, 0) is 25.2 Å². The van der Waals surface area contributed by atoms with Crippen molar-refractivity contribution >= 4 is 5.97 Å². The highest BCUT2D eigenvalue weighted by molar-refractivity contribution is 5.73.